The lowest BCUT2D eigenvalue weighted by molar-refractivity contribution is 0.742. The molecule has 0 spiro atoms. The molecule has 1 aromatic carbocycles. The monoisotopic (exact) mass is 337 g/mol. The Morgan fingerprint density at radius 1 is 1.25 bits per heavy atom. The average Bonchev–Trinajstić information content (AvgIpc) is 3.28. The number of benzene rings is 1. The van der Waals surface area contributed by atoms with E-state index in [0.717, 1.165) is 23.6 Å². The summed E-state index contributed by atoms with van der Waals surface area (Å²) in [6, 6.07) is 4.45. The normalized spacial score (nSPS) is 18.2. The zero-order chi connectivity index (χ0) is 16.3. The number of nitrogens with one attached hydrogen (secondary N) is 1. The number of nitrogens with zero attached hydrogens (tertiary/aromatic N) is 4. The van der Waals surface area contributed by atoms with E-state index in [0.29, 0.717) is 5.92 Å². The van der Waals surface area contributed by atoms with Crippen LogP contribution in [0.25, 0.3) is 26.3 Å². The van der Waals surface area contributed by atoms with E-state index in [1.165, 1.54) is 33.5 Å². The average molecular weight is 337 g/mol. The molecule has 24 heavy (non-hydrogen) atoms. The first kappa shape index (κ1) is 14.2. The third-order valence-corrected chi connectivity index (χ3v) is 5.90. The Balaban J connectivity index is 1.57. The lowest BCUT2D eigenvalue weighted by Crippen LogP contribution is -2.08. The molecule has 1 aliphatic rings. The lowest BCUT2D eigenvalue weighted by atomic mass is 10.1. The Hall–Kier alpha value is -2.18. The van der Waals surface area contributed by atoms with Gasteiger partial charge in [-0.1, -0.05) is 11.3 Å². The van der Waals surface area contributed by atoms with E-state index in [9.17, 15) is 0 Å². The van der Waals surface area contributed by atoms with Crippen molar-refractivity contribution in [3.05, 3.63) is 42.0 Å². The number of fused-ring (bicyclic) bond motifs is 2. The first-order chi connectivity index (χ1) is 11.7. The van der Waals surface area contributed by atoms with E-state index in [-0.39, 0.29) is 0 Å². The molecule has 1 atom stereocenters. The van der Waals surface area contributed by atoms with E-state index in [4.69, 9.17) is 4.98 Å². The van der Waals surface area contributed by atoms with Crippen LogP contribution in [0.4, 0.5) is 0 Å². The highest BCUT2D eigenvalue weighted by atomic mass is 32.1. The van der Waals surface area contributed by atoms with Gasteiger partial charge in [0, 0.05) is 43.5 Å². The van der Waals surface area contributed by atoms with Crippen LogP contribution in [0.2, 0.25) is 0 Å². The topological polar surface area (TPSA) is 47.1 Å². The van der Waals surface area contributed by atoms with Crippen LogP contribution in [-0.2, 0) is 7.05 Å². The van der Waals surface area contributed by atoms with Crippen LogP contribution in [0, 0.1) is 6.92 Å². The molecule has 3 aromatic heterocycles. The molecule has 1 saturated heterocycles. The van der Waals surface area contributed by atoms with E-state index in [2.05, 4.69) is 52.5 Å². The van der Waals surface area contributed by atoms with Gasteiger partial charge in [-0.2, -0.15) is 5.10 Å². The molecule has 122 valence electrons. The van der Waals surface area contributed by atoms with Gasteiger partial charge >= 0.3 is 0 Å². The van der Waals surface area contributed by atoms with Crippen molar-refractivity contribution in [2.75, 3.05) is 13.1 Å². The summed E-state index contributed by atoms with van der Waals surface area (Å²) in [4.78, 5) is 7.19. The number of rotatable bonds is 2. The standard InChI is InChI=1S/C18H19N5S/c1-11-5-13(6-14-8-22(2)21-17(11)14)16-10-23-9-15(20-18(23)24-16)12-3-4-19-7-12/h5-6,8-10,12,19H,3-4,7H2,1-2H3/t12-/m0/s1. The van der Waals surface area contributed by atoms with Crippen LogP contribution < -0.4 is 5.32 Å². The Morgan fingerprint density at radius 3 is 2.96 bits per heavy atom. The predicted molar refractivity (Wildman–Crippen MR) is 97.7 cm³/mol. The first-order valence-corrected chi connectivity index (χ1v) is 9.12. The predicted octanol–water partition coefficient (Wildman–Crippen LogP) is 3.33. The zero-order valence-corrected chi connectivity index (χ0v) is 14.6. The summed E-state index contributed by atoms with van der Waals surface area (Å²) in [7, 11) is 1.97. The summed E-state index contributed by atoms with van der Waals surface area (Å²) < 4.78 is 4.06. The van der Waals surface area contributed by atoms with Gasteiger partial charge in [-0.15, -0.1) is 0 Å². The Morgan fingerprint density at radius 2 is 2.17 bits per heavy atom. The highest BCUT2D eigenvalue weighted by molar-refractivity contribution is 7.20. The van der Waals surface area contributed by atoms with Gasteiger partial charge in [-0.05, 0) is 43.1 Å². The van der Waals surface area contributed by atoms with E-state index < -0.39 is 0 Å². The van der Waals surface area contributed by atoms with Gasteiger partial charge in [0.2, 0.25) is 0 Å². The van der Waals surface area contributed by atoms with Crippen LogP contribution in [0.1, 0.15) is 23.6 Å². The summed E-state index contributed by atoms with van der Waals surface area (Å²) in [5, 5.41) is 9.14. The van der Waals surface area contributed by atoms with E-state index in [1.807, 2.05) is 11.7 Å². The van der Waals surface area contributed by atoms with Gasteiger partial charge in [0.15, 0.2) is 4.96 Å². The third-order valence-electron chi connectivity index (χ3n) is 4.85. The van der Waals surface area contributed by atoms with E-state index >= 15 is 0 Å². The van der Waals surface area contributed by atoms with Crippen molar-refractivity contribution in [3.8, 4) is 10.4 Å². The second kappa shape index (κ2) is 5.16. The van der Waals surface area contributed by atoms with Gasteiger partial charge < -0.3 is 5.32 Å². The minimum absolute atomic E-state index is 0.564. The molecule has 0 radical (unpaired) electrons. The van der Waals surface area contributed by atoms with Gasteiger partial charge in [0.05, 0.1) is 16.1 Å². The minimum Gasteiger partial charge on any atom is -0.316 e. The summed E-state index contributed by atoms with van der Waals surface area (Å²) in [5.74, 6) is 0.564. The Bertz CT molecular complexity index is 1020. The van der Waals surface area contributed by atoms with Crippen molar-refractivity contribution >= 4 is 27.2 Å². The minimum atomic E-state index is 0.564. The molecule has 6 heteroatoms. The van der Waals surface area contributed by atoms with Gasteiger partial charge in [0.25, 0.3) is 0 Å². The fourth-order valence-corrected chi connectivity index (χ4v) is 4.58. The molecule has 5 nitrogen and oxygen atoms in total. The first-order valence-electron chi connectivity index (χ1n) is 8.31. The maximum atomic E-state index is 4.85. The number of thiazole rings is 1. The number of aromatic nitrogens is 4. The maximum absolute atomic E-state index is 4.85. The summed E-state index contributed by atoms with van der Waals surface area (Å²) >= 11 is 1.76. The molecule has 4 heterocycles. The molecule has 4 aromatic rings. The second-order valence-corrected chi connectivity index (χ2v) is 7.68. The van der Waals surface area contributed by atoms with Crippen LogP contribution in [0.3, 0.4) is 0 Å². The summed E-state index contributed by atoms with van der Waals surface area (Å²) in [6.45, 7) is 4.28. The Kier molecular flexibility index (Phi) is 3.05. The van der Waals surface area contributed by atoms with Crippen LogP contribution in [0.5, 0.6) is 0 Å². The largest absolute Gasteiger partial charge is 0.316 e. The highest BCUT2D eigenvalue weighted by Gasteiger charge is 2.20. The molecule has 1 fully saturated rings. The number of hydrogen-bond donors (Lipinski definition) is 1. The SMILES string of the molecule is Cc1cc(-c2cn3cc([C@H]4CCNC4)nc3s2)cc2cn(C)nc12. The highest BCUT2D eigenvalue weighted by Crippen LogP contribution is 2.33. The van der Waals surface area contributed by atoms with Gasteiger partial charge in [-0.3, -0.25) is 9.08 Å². The van der Waals surface area contributed by atoms with Crippen molar-refractivity contribution in [2.45, 2.75) is 19.3 Å². The number of imidazole rings is 1. The number of aryl methyl sites for hydroxylation is 2. The molecule has 5 rings (SSSR count). The lowest BCUT2D eigenvalue weighted by Gasteiger charge is -2.02. The smallest absolute Gasteiger partial charge is 0.194 e. The molecule has 1 aliphatic heterocycles. The molecule has 0 aliphatic carbocycles. The Labute approximate surface area is 143 Å². The molecule has 1 N–H and O–H groups in total. The molecular formula is C18H19N5S. The molecular weight excluding hydrogens is 318 g/mol. The maximum Gasteiger partial charge on any atom is 0.194 e. The third kappa shape index (κ3) is 2.17. The van der Waals surface area contributed by atoms with Crippen molar-refractivity contribution in [3.63, 3.8) is 0 Å². The fourth-order valence-electron chi connectivity index (χ4n) is 3.62. The van der Waals surface area contributed by atoms with E-state index in [1.54, 1.807) is 11.3 Å². The van der Waals surface area contributed by atoms with Crippen molar-refractivity contribution in [1.82, 2.24) is 24.5 Å². The fraction of sp³-hybridized carbons (Fsp3) is 0.333. The van der Waals surface area contributed by atoms with Crippen molar-refractivity contribution < 1.29 is 0 Å². The van der Waals surface area contributed by atoms with Gasteiger partial charge in [0.1, 0.15) is 0 Å². The molecule has 0 bridgehead atoms. The quantitative estimate of drug-likeness (QED) is 0.610. The van der Waals surface area contributed by atoms with Crippen LogP contribution in [0.15, 0.2) is 30.7 Å². The molecule has 0 unspecified atom stereocenters. The van der Waals surface area contributed by atoms with Crippen LogP contribution >= 0.6 is 11.3 Å². The molecule has 0 amide bonds. The van der Waals surface area contributed by atoms with Crippen LogP contribution in [-0.4, -0.2) is 32.3 Å². The molecule has 0 saturated carbocycles. The van der Waals surface area contributed by atoms with Crippen molar-refractivity contribution in [1.29, 1.82) is 0 Å². The van der Waals surface area contributed by atoms with Crippen molar-refractivity contribution in [2.24, 2.45) is 7.05 Å². The zero-order valence-electron chi connectivity index (χ0n) is 13.8. The van der Waals surface area contributed by atoms with Gasteiger partial charge in [-0.25, -0.2) is 4.98 Å². The summed E-state index contributed by atoms with van der Waals surface area (Å²) in [5.41, 5.74) is 4.76. The summed E-state index contributed by atoms with van der Waals surface area (Å²) in [6.07, 6.45) is 7.67. The second-order valence-electron chi connectivity index (χ2n) is 6.67. The number of hydrogen-bond acceptors (Lipinski definition) is 4.